The average molecular weight is 223 g/mol. The number of rotatable bonds is 7. The zero-order chi connectivity index (χ0) is 10.9. The SMILES string of the molecule is CC(CN)SCCCCc1ccccc1. The van der Waals surface area contributed by atoms with Crippen LogP contribution in [0.15, 0.2) is 30.3 Å². The van der Waals surface area contributed by atoms with Crippen molar-refractivity contribution in [2.75, 3.05) is 12.3 Å². The Kier molecular flexibility index (Phi) is 6.53. The van der Waals surface area contributed by atoms with Gasteiger partial charge in [-0.2, -0.15) is 11.8 Å². The molecule has 2 heteroatoms. The fraction of sp³-hybridized carbons (Fsp3) is 0.538. The third kappa shape index (κ3) is 5.85. The summed E-state index contributed by atoms with van der Waals surface area (Å²) < 4.78 is 0. The van der Waals surface area contributed by atoms with Gasteiger partial charge in [0.15, 0.2) is 0 Å². The number of aryl methyl sites for hydroxylation is 1. The summed E-state index contributed by atoms with van der Waals surface area (Å²) in [6, 6.07) is 10.7. The molecule has 0 spiro atoms. The Morgan fingerprint density at radius 2 is 1.93 bits per heavy atom. The van der Waals surface area contributed by atoms with Crippen LogP contribution in [0.5, 0.6) is 0 Å². The molecular formula is C13H21NS. The summed E-state index contributed by atoms with van der Waals surface area (Å²) in [7, 11) is 0. The van der Waals surface area contributed by atoms with Gasteiger partial charge < -0.3 is 5.73 Å². The Hall–Kier alpha value is -0.470. The number of hydrogen-bond donors (Lipinski definition) is 1. The molecule has 0 heterocycles. The normalized spacial score (nSPS) is 12.7. The maximum absolute atomic E-state index is 5.56. The number of unbranched alkanes of at least 4 members (excludes halogenated alkanes) is 1. The molecule has 0 aliphatic rings. The van der Waals surface area contributed by atoms with Gasteiger partial charge in [-0.15, -0.1) is 0 Å². The predicted molar refractivity (Wildman–Crippen MR) is 70.4 cm³/mol. The monoisotopic (exact) mass is 223 g/mol. The van der Waals surface area contributed by atoms with Gasteiger partial charge in [-0.25, -0.2) is 0 Å². The minimum atomic E-state index is 0.613. The highest BCUT2D eigenvalue weighted by atomic mass is 32.2. The van der Waals surface area contributed by atoms with Crippen molar-refractivity contribution in [3.8, 4) is 0 Å². The molecule has 0 fully saturated rings. The van der Waals surface area contributed by atoms with E-state index in [1.165, 1.54) is 30.6 Å². The van der Waals surface area contributed by atoms with E-state index < -0.39 is 0 Å². The van der Waals surface area contributed by atoms with Crippen molar-refractivity contribution in [3.63, 3.8) is 0 Å². The molecule has 1 aromatic carbocycles. The largest absolute Gasteiger partial charge is 0.329 e. The lowest BCUT2D eigenvalue weighted by atomic mass is 10.1. The first-order valence-electron chi connectivity index (χ1n) is 5.68. The molecule has 0 radical (unpaired) electrons. The van der Waals surface area contributed by atoms with E-state index in [4.69, 9.17) is 5.73 Å². The summed E-state index contributed by atoms with van der Waals surface area (Å²) in [5.41, 5.74) is 7.01. The lowest BCUT2D eigenvalue weighted by Gasteiger charge is -2.07. The van der Waals surface area contributed by atoms with E-state index in [1.54, 1.807) is 0 Å². The van der Waals surface area contributed by atoms with Gasteiger partial charge in [0.05, 0.1) is 0 Å². The van der Waals surface area contributed by atoms with E-state index in [0.29, 0.717) is 5.25 Å². The molecule has 15 heavy (non-hydrogen) atoms. The van der Waals surface area contributed by atoms with Crippen LogP contribution in [0, 0.1) is 0 Å². The highest BCUT2D eigenvalue weighted by Gasteiger charge is 1.98. The Balaban J connectivity index is 2.03. The van der Waals surface area contributed by atoms with Crippen LogP contribution in [0.3, 0.4) is 0 Å². The van der Waals surface area contributed by atoms with Crippen LogP contribution >= 0.6 is 11.8 Å². The molecule has 1 aromatic rings. The second-order valence-corrected chi connectivity index (χ2v) is 5.41. The molecule has 1 rings (SSSR count). The second-order valence-electron chi connectivity index (χ2n) is 3.86. The average Bonchev–Trinajstić information content (AvgIpc) is 2.29. The number of thioether (sulfide) groups is 1. The maximum Gasteiger partial charge on any atom is 0.0141 e. The first-order chi connectivity index (χ1) is 7.33. The molecule has 0 amide bonds. The molecule has 2 N–H and O–H groups in total. The fourth-order valence-corrected chi connectivity index (χ4v) is 2.34. The van der Waals surface area contributed by atoms with Crippen molar-refractivity contribution in [1.82, 2.24) is 0 Å². The summed E-state index contributed by atoms with van der Waals surface area (Å²) in [5, 5.41) is 0.613. The zero-order valence-corrected chi connectivity index (χ0v) is 10.3. The minimum Gasteiger partial charge on any atom is -0.329 e. The Labute approximate surface area is 97.4 Å². The van der Waals surface area contributed by atoms with Crippen molar-refractivity contribution in [2.45, 2.75) is 31.4 Å². The van der Waals surface area contributed by atoms with Gasteiger partial charge in [0.1, 0.15) is 0 Å². The molecule has 84 valence electrons. The van der Waals surface area contributed by atoms with Gasteiger partial charge in [0, 0.05) is 11.8 Å². The minimum absolute atomic E-state index is 0.613. The van der Waals surface area contributed by atoms with Gasteiger partial charge in [-0.1, -0.05) is 37.3 Å². The van der Waals surface area contributed by atoms with Crippen LogP contribution in [-0.2, 0) is 6.42 Å². The van der Waals surface area contributed by atoms with Crippen molar-refractivity contribution in [2.24, 2.45) is 5.73 Å². The van der Waals surface area contributed by atoms with Crippen LogP contribution in [0.25, 0.3) is 0 Å². The van der Waals surface area contributed by atoms with Gasteiger partial charge in [-0.05, 0) is 30.6 Å². The molecule has 0 aliphatic carbocycles. The highest BCUT2D eigenvalue weighted by Crippen LogP contribution is 2.12. The van der Waals surface area contributed by atoms with E-state index in [-0.39, 0.29) is 0 Å². The number of nitrogens with two attached hydrogens (primary N) is 1. The third-order valence-corrected chi connectivity index (χ3v) is 3.72. The van der Waals surface area contributed by atoms with E-state index in [2.05, 4.69) is 37.3 Å². The molecule has 1 unspecified atom stereocenters. The summed E-state index contributed by atoms with van der Waals surface area (Å²) >= 11 is 1.99. The molecule has 0 saturated heterocycles. The molecule has 0 aromatic heterocycles. The van der Waals surface area contributed by atoms with Crippen molar-refractivity contribution < 1.29 is 0 Å². The predicted octanol–water partition coefficient (Wildman–Crippen LogP) is 3.09. The van der Waals surface area contributed by atoms with Crippen LogP contribution < -0.4 is 5.73 Å². The van der Waals surface area contributed by atoms with Gasteiger partial charge in [0.2, 0.25) is 0 Å². The van der Waals surface area contributed by atoms with Crippen LogP contribution in [0.2, 0.25) is 0 Å². The maximum atomic E-state index is 5.56. The molecule has 1 atom stereocenters. The molecule has 0 saturated carbocycles. The highest BCUT2D eigenvalue weighted by molar-refractivity contribution is 7.99. The Bertz CT molecular complexity index is 248. The Morgan fingerprint density at radius 3 is 2.60 bits per heavy atom. The number of hydrogen-bond acceptors (Lipinski definition) is 2. The van der Waals surface area contributed by atoms with E-state index >= 15 is 0 Å². The standard InChI is InChI=1S/C13H21NS/c1-12(11-14)15-10-6-5-9-13-7-3-2-4-8-13/h2-4,7-8,12H,5-6,9-11,14H2,1H3. The van der Waals surface area contributed by atoms with Crippen LogP contribution in [0.1, 0.15) is 25.3 Å². The summed E-state index contributed by atoms with van der Waals surface area (Å²) in [6.07, 6.45) is 3.79. The van der Waals surface area contributed by atoms with Crippen molar-refractivity contribution >= 4 is 11.8 Å². The fourth-order valence-electron chi connectivity index (χ4n) is 1.43. The van der Waals surface area contributed by atoms with Crippen LogP contribution in [0.4, 0.5) is 0 Å². The van der Waals surface area contributed by atoms with E-state index in [1.807, 2.05) is 11.8 Å². The molecular weight excluding hydrogens is 202 g/mol. The van der Waals surface area contributed by atoms with E-state index in [0.717, 1.165) is 6.54 Å². The topological polar surface area (TPSA) is 26.0 Å². The van der Waals surface area contributed by atoms with E-state index in [9.17, 15) is 0 Å². The smallest absolute Gasteiger partial charge is 0.0141 e. The van der Waals surface area contributed by atoms with Gasteiger partial charge in [0.25, 0.3) is 0 Å². The van der Waals surface area contributed by atoms with Gasteiger partial charge in [-0.3, -0.25) is 0 Å². The first kappa shape index (κ1) is 12.6. The molecule has 0 bridgehead atoms. The third-order valence-electron chi connectivity index (χ3n) is 2.44. The van der Waals surface area contributed by atoms with Gasteiger partial charge >= 0.3 is 0 Å². The second kappa shape index (κ2) is 7.77. The summed E-state index contributed by atoms with van der Waals surface area (Å²) in [6.45, 7) is 2.99. The quantitative estimate of drug-likeness (QED) is 0.719. The molecule has 0 aliphatic heterocycles. The van der Waals surface area contributed by atoms with Crippen molar-refractivity contribution in [3.05, 3.63) is 35.9 Å². The lowest BCUT2D eigenvalue weighted by Crippen LogP contribution is -2.12. The zero-order valence-electron chi connectivity index (χ0n) is 9.49. The lowest BCUT2D eigenvalue weighted by molar-refractivity contribution is 0.800. The van der Waals surface area contributed by atoms with Crippen LogP contribution in [-0.4, -0.2) is 17.5 Å². The summed E-state index contributed by atoms with van der Waals surface area (Å²) in [5.74, 6) is 1.24. The molecule has 1 nitrogen and oxygen atoms in total. The first-order valence-corrected chi connectivity index (χ1v) is 6.73. The Morgan fingerprint density at radius 1 is 1.20 bits per heavy atom. The summed E-state index contributed by atoms with van der Waals surface area (Å²) in [4.78, 5) is 0. The number of benzene rings is 1. The van der Waals surface area contributed by atoms with Crippen molar-refractivity contribution in [1.29, 1.82) is 0 Å².